The van der Waals surface area contributed by atoms with Crippen molar-refractivity contribution in [1.82, 2.24) is 15.1 Å². The zero-order chi connectivity index (χ0) is 15.1. The maximum absolute atomic E-state index is 13.0. The fourth-order valence-electron chi connectivity index (χ4n) is 3.34. The first-order valence-corrected chi connectivity index (χ1v) is 8.48. The summed E-state index contributed by atoms with van der Waals surface area (Å²) in [5.41, 5.74) is 2.76. The highest BCUT2D eigenvalue weighted by Crippen LogP contribution is 2.36. The van der Waals surface area contributed by atoms with Crippen LogP contribution in [0.4, 0.5) is 0 Å². The molecule has 1 aromatic carbocycles. The van der Waals surface area contributed by atoms with Crippen molar-refractivity contribution in [1.29, 1.82) is 0 Å². The number of benzene rings is 1. The van der Waals surface area contributed by atoms with Gasteiger partial charge in [-0.2, -0.15) is 5.10 Å². The second-order valence-electron chi connectivity index (χ2n) is 5.59. The molecular weight excluding hydrogens is 294 g/mol. The zero-order valence-corrected chi connectivity index (χ0v) is 13.2. The normalized spacial score (nSPS) is 17.7. The van der Waals surface area contributed by atoms with E-state index in [1.54, 1.807) is 11.3 Å². The van der Waals surface area contributed by atoms with Crippen LogP contribution in [0.15, 0.2) is 35.7 Å². The summed E-state index contributed by atoms with van der Waals surface area (Å²) in [5, 5.41) is 10.3. The van der Waals surface area contributed by atoms with E-state index in [0.717, 1.165) is 30.3 Å². The molecule has 0 spiro atoms. The quantitative estimate of drug-likeness (QED) is 0.783. The highest BCUT2D eigenvalue weighted by molar-refractivity contribution is 7.10. The minimum atomic E-state index is 0.0288. The first-order chi connectivity index (χ1) is 10.8. The van der Waals surface area contributed by atoms with Gasteiger partial charge in [-0.05, 0) is 35.9 Å². The van der Waals surface area contributed by atoms with Gasteiger partial charge in [-0.1, -0.05) is 25.1 Å². The number of thiophene rings is 1. The molecule has 3 heterocycles. The molecule has 0 radical (unpaired) electrons. The summed E-state index contributed by atoms with van der Waals surface area (Å²) in [6, 6.07) is 10.1. The molecule has 5 heteroatoms. The number of nitrogens with one attached hydrogen (secondary N) is 1. The Morgan fingerprint density at radius 2 is 2.27 bits per heavy atom. The van der Waals surface area contributed by atoms with Crippen LogP contribution in [-0.2, 0) is 6.42 Å². The van der Waals surface area contributed by atoms with Gasteiger partial charge >= 0.3 is 0 Å². The molecule has 1 N–H and O–H groups in total. The molecule has 0 saturated carbocycles. The van der Waals surface area contributed by atoms with Crippen LogP contribution in [0.1, 0.15) is 40.3 Å². The van der Waals surface area contributed by atoms with Crippen LogP contribution in [0.3, 0.4) is 0 Å². The number of amides is 1. The fraction of sp³-hybridized carbons (Fsp3) is 0.294. The number of nitrogens with zero attached hydrogens (tertiary/aromatic N) is 2. The fourth-order valence-corrected chi connectivity index (χ4v) is 4.27. The number of hydrogen-bond acceptors (Lipinski definition) is 3. The van der Waals surface area contributed by atoms with Crippen molar-refractivity contribution >= 4 is 28.1 Å². The number of para-hydroxylation sites is 1. The van der Waals surface area contributed by atoms with Gasteiger partial charge in [0.1, 0.15) is 0 Å². The van der Waals surface area contributed by atoms with Crippen molar-refractivity contribution < 1.29 is 4.79 Å². The second kappa shape index (κ2) is 5.25. The lowest BCUT2D eigenvalue weighted by Gasteiger charge is -2.35. The van der Waals surface area contributed by atoms with Crippen molar-refractivity contribution in [2.24, 2.45) is 0 Å². The Hall–Kier alpha value is -2.14. The summed E-state index contributed by atoms with van der Waals surface area (Å²) in [4.78, 5) is 16.4. The molecule has 1 atom stereocenters. The predicted molar refractivity (Wildman–Crippen MR) is 88.2 cm³/mol. The topological polar surface area (TPSA) is 49.0 Å². The lowest BCUT2D eigenvalue weighted by molar-refractivity contribution is 0.0653. The van der Waals surface area contributed by atoms with Gasteiger partial charge in [-0.3, -0.25) is 9.89 Å². The SMILES string of the molecule is CC[C@H]1c2ccsc2CCN1C(=O)c1n[nH]c2ccccc12. The molecule has 1 amide bonds. The molecular formula is C17H17N3OS. The van der Waals surface area contributed by atoms with E-state index in [1.807, 2.05) is 29.2 Å². The predicted octanol–water partition coefficient (Wildman–Crippen LogP) is 3.77. The smallest absolute Gasteiger partial charge is 0.275 e. The van der Waals surface area contributed by atoms with Crippen LogP contribution in [0, 0.1) is 0 Å². The summed E-state index contributed by atoms with van der Waals surface area (Å²) in [6.07, 6.45) is 1.87. The van der Waals surface area contributed by atoms with Crippen LogP contribution in [0.25, 0.3) is 10.9 Å². The molecule has 4 nitrogen and oxygen atoms in total. The van der Waals surface area contributed by atoms with Crippen molar-refractivity contribution in [3.05, 3.63) is 51.8 Å². The van der Waals surface area contributed by atoms with Gasteiger partial charge in [0.15, 0.2) is 5.69 Å². The Kier molecular flexibility index (Phi) is 3.22. The average molecular weight is 311 g/mol. The monoisotopic (exact) mass is 311 g/mol. The van der Waals surface area contributed by atoms with Crippen LogP contribution in [0.2, 0.25) is 0 Å². The Bertz CT molecular complexity index is 835. The molecule has 0 unspecified atom stereocenters. The molecule has 112 valence electrons. The highest BCUT2D eigenvalue weighted by Gasteiger charge is 2.32. The van der Waals surface area contributed by atoms with Crippen molar-refractivity contribution in [2.45, 2.75) is 25.8 Å². The molecule has 0 bridgehead atoms. The molecule has 0 fully saturated rings. The number of hydrogen-bond donors (Lipinski definition) is 1. The van der Waals surface area contributed by atoms with Crippen LogP contribution in [-0.4, -0.2) is 27.5 Å². The summed E-state index contributed by atoms with van der Waals surface area (Å²) in [5.74, 6) is 0.0288. The Morgan fingerprint density at radius 1 is 1.41 bits per heavy atom. The van der Waals surface area contributed by atoms with Crippen molar-refractivity contribution in [3.8, 4) is 0 Å². The van der Waals surface area contributed by atoms with Gasteiger partial charge in [0, 0.05) is 16.8 Å². The maximum atomic E-state index is 13.0. The van der Waals surface area contributed by atoms with Gasteiger partial charge in [0.05, 0.1) is 11.6 Å². The summed E-state index contributed by atoms with van der Waals surface area (Å²) >= 11 is 1.80. The lowest BCUT2D eigenvalue weighted by atomic mass is 9.97. The number of aromatic nitrogens is 2. The van der Waals surface area contributed by atoms with Gasteiger partial charge in [-0.25, -0.2) is 0 Å². The highest BCUT2D eigenvalue weighted by atomic mass is 32.1. The number of rotatable bonds is 2. The lowest BCUT2D eigenvalue weighted by Crippen LogP contribution is -2.39. The number of aromatic amines is 1. The van der Waals surface area contributed by atoms with E-state index >= 15 is 0 Å². The van der Waals surface area contributed by atoms with Crippen LogP contribution >= 0.6 is 11.3 Å². The molecule has 4 rings (SSSR count). The van der Waals surface area contributed by atoms with Crippen molar-refractivity contribution in [3.63, 3.8) is 0 Å². The number of H-pyrrole nitrogens is 1. The molecule has 2 aromatic heterocycles. The number of carbonyl (C=O) groups is 1. The van der Waals surface area contributed by atoms with Gasteiger partial charge in [-0.15, -0.1) is 11.3 Å². The Morgan fingerprint density at radius 3 is 3.14 bits per heavy atom. The molecule has 1 aliphatic heterocycles. The van der Waals surface area contributed by atoms with E-state index in [2.05, 4.69) is 28.6 Å². The minimum Gasteiger partial charge on any atom is -0.330 e. The minimum absolute atomic E-state index is 0.0288. The van der Waals surface area contributed by atoms with E-state index in [-0.39, 0.29) is 11.9 Å². The summed E-state index contributed by atoms with van der Waals surface area (Å²) in [6.45, 7) is 2.91. The standard InChI is InChI=1S/C17H17N3OS/c1-2-14-12-8-10-22-15(12)7-9-20(14)17(21)16-11-5-3-4-6-13(11)18-19-16/h3-6,8,10,14H,2,7,9H2,1H3,(H,18,19)/t14-/m0/s1. The number of fused-ring (bicyclic) bond motifs is 2. The first kappa shape index (κ1) is 13.5. The maximum Gasteiger partial charge on any atom is 0.275 e. The molecule has 1 aliphatic rings. The van der Waals surface area contributed by atoms with Gasteiger partial charge < -0.3 is 4.90 Å². The molecule has 0 aliphatic carbocycles. The van der Waals surface area contributed by atoms with E-state index in [9.17, 15) is 4.79 Å². The molecule has 22 heavy (non-hydrogen) atoms. The molecule has 0 saturated heterocycles. The van der Waals surface area contributed by atoms with E-state index in [1.165, 1.54) is 10.4 Å². The summed E-state index contributed by atoms with van der Waals surface area (Å²) in [7, 11) is 0. The third-order valence-corrected chi connectivity index (χ3v) is 5.41. The second-order valence-corrected chi connectivity index (χ2v) is 6.59. The van der Waals surface area contributed by atoms with Crippen LogP contribution in [0.5, 0.6) is 0 Å². The van der Waals surface area contributed by atoms with Crippen molar-refractivity contribution in [2.75, 3.05) is 6.54 Å². The van der Waals surface area contributed by atoms with E-state index in [4.69, 9.17) is 0 Å². The van der Waals surface area contributed by atoms with Gasteiger partial charge in [0.2, 0.25) is 0 Å². The third kappa shape index (κ3) is 1.96. The summed E-state index contributed by atoms with van der Waals surface area (Å²) < 4.78 is 0. The largest absolute Gasteiger partial charge is 0.330 e. The van der Waals surface area contributed by atoms with Crippen LogP contribution < -0.4 is 0 Å². The first-order valence-electron chi connectivity index (χ1n) is 7.60. The van der Waals surface area contributed by atoms with Gasteiger partial charge in [0.25, 0.3) is 5.91 Å². The van der Waals surface area contributed by atoms with E-state index < -0.39 is 0 Å². The van der Waals surface area contributed by atoms with E-state index in [0.29, 0.717) is 5.69 Å². The third-order valence-electron chi connectivity index (χ3n) is 4.42. The Balaban J connectivity index is 1.74. The average Bonchev–Trinajstić information content (AvgIpc) is 3.19. The number of carbonyl (C=O) groups excluding carboxylic acids is 1. The Labute approximate surface area is 132 Å². The molecule has 3 aromatic rings. The zero-order valence-electron chi connectivity index (χ0n) is 12.4.